The molecule has 0 fully saturated rings. The van der Waals surface area contributed by atoms with E-state index in [-0.39, 0.29) is 32.2 Å². The topological polar surface area (TPSA) is 131 Å². The molecule has 59 heavy (non-hydrogen) atoms. The van der Waals surface area contributed by atoms with Gasteiger partial charge in [-0.05, 0) is 51.4 Å². The Morgan fingerprint density at radius 2 is 1.08 bits per heavy atom. The molecule has 3 atom stereocenters. The maximum atomic E-state index is 12.7. The molecule has 344 valence electrons. The second-order valence-corrected chi connectivity index (χ2v) is 18.4. The number of ether oxygens (including phenoxy) is 2. The van der Waals surface area contributed by atoms with Crippen LogP contribution in [-0.2, 0) is 32.7 Å². The van der Waals surface area contributed by atoms with Crippen molar-refractivity contribution in [3.05, 3.63) is 48.6 Å². The number of aliphatic hydroxyl groups is 1. The fourth-order valence-electron chi connectivity index (χ4n) is 6.25. The molecule has 0 heterocycles. The Morgan fingerprint density at radius 1 is 0.610 bits per heavy atom. The van der Waals surface area contributed by atoms with Gasteiger partial charge in [0.2, 0.25) is 0 Å². The van der Waals surface area contributed by atoms with E-state index >= 15 is 0 Å². The number of aliphatic hydroxyl groups excluding tert-OH is 1. The zero-order valence-corrected chi connectivity index (χ0v) is 39.2. The van der Waals surface area contributed by atoms with Crippen LogP contribution < -0.4 is 4.89 Å². The van der Waals surface area contributed by atoms with E-state index < -0.39 is 32.5 Å². The summed E-state index contributed by atoms with van der Waals surface area (Å²) in [6.07, 6.45) is 43.5. The molecule has 0 aliphatic heterocycles. The van der Waals surface area contributed by atoms with Gasteiger partial charge in [0.15, 0.2) is 6.10 Å². The standard InChI is InChI=1S/C48H88NO9P/c1-6-8-9-10-11-12-13-14-15-16-17-20-24-27-30-33-36-40-48(52)58-46(44-57-59(53,54)56-42-41-49(3,4)5)43-55-47(51)39-35-32-29-26-23-21-18-19-22-25-28-31-34-38-45(50)37-7-2/h18,21-22,25-26,29,31,34,45-46,50H,6-17,19-20,23-24,27-28,30,32-33,35-44H2,1-5H3/b21-18-,25-22-,29-26-,34-31-/t45?,46-/m1/s1. The second kappa shape index (κ2) is 40.0. The lowest BCUT2D eigenvalue weighted by Gasteiger charge is -2.28. The van der Waals surface area contributed by atoms with E-state index in [9.17, 15) is 24.2 Å². The van der Waals surface area contributed by atoms with E-state index in [2.05, 4.69) is 50.3 Å². The van der Waals surface area contributed by atoms with Crippen molar-refractivity contribution in [3.63, 3.8) is 0 Å². The second-order valence-electron chi connectivity index (χ2n) is 17.0. The molecule has 0 saturated carbocycles. The Kier molecular flexibility index (Phi) is 38.6. The van der Waals surface area contributed by atoms with Gasteiger partial charge < -0.3 is 33.0 Å². The van der Waals surface area contributed by atoms with Crippen LogP contribution in [0.5, 0.6) is 0 Å². The van der Waals surface area contributed by atoms with Gasteiger partial charge in [0, 0.05) is 12.8 Å². The Balaban J connectivity index is 4.41. The maximum absolute atomic E-state index is 12.7. The molecule has 0 saturated heterocycles. The summed E-state index contributed by atoms with van der Waals surface area (Å²) in [6, 6.07) is 0. The lowest BCUT2D eigenvalue weighted by Crippen LogP contribution is -2.37. The molecule has 0 aromatic carbocycles. The van der Waals surface area contributed by atoms with Crippen molar-refractivity contribution in [2.75, 3.05) is 47.5 Å². The van der Waals surface area contributed by atoms with Crippen LogP contribution in [0.2, 0.25) is 0 Å². The van der Waals surface area contributed by atoms with E-state index in [0.29, 0.717) is 36.7 Å². The molecule has 0 rings (SSSR count). The minimum atomic E-state index is -4.65. The molecular weight excluding hydrogens is 766 g/mol. The number of phosphoric ester groups is 1. The molecule has 0 aliphatic carbocycles. The monoisotopic (exact) mass is 854 g/mol. The summed E-state index contributed by atoms with van der Waals surface area (Å²) in [5.74, 6) is -0.917. The number of hydrogen-bond acceptors (Lipinski definition) is 9. The van der Waals surface area contributed by atoms with Gasteiger partial charge >= 0.3 is 11.9 Å². The van der Waals surface area contributed by atoms with Crippen LogP contribution in [0.15, 0.2) is 48.6 Å². The van der Waals surface area contributed by atoms with E-state index in [0.717, 1.165) is 51.4 Å². The normalized spacial score (nSPS) is 14.5. The number of hydrogen-bond donors (Lipinski definition) is 1. The zero-order chi connectivity index (χ0) is 43.7. The molecule has 0 spiro atoms. The highest BCUT2D eigenvalue weighted by Crippen LogP contribution is 2.38. The molecular formula is C48H88NO9P. The largest absolute Gasteiger partial charge is 0.756 e. The molecule has 0 aromatic rings. The first-order valence-electron chi connectivity index (χ1n) is 23.4. The maximum Gasteiger partial charge on any atom is 0.306 e. The Morgan fingerprint density at radius 3 is 1.59 bits per heavy atom. The quantitative estimate of drug-likeness (QED) is 0.0210. The molecule has 0 aromatic heterocycles. The van der Waals surface area contributed by atoms with E-state index in [1.165, 1.54) is 83.5 Å². The Bertz CT molecular complexity index is 1160. The number of quaternary nitrogens is 1. The molecule has 10 nitrogen and oxygen atoms in total. The number of phosphoric acid groups is 1. The third-order valence-corrected chi connectivity index (χ3v) is 10.9. The minimum Gasteiger partial charge on any atom is -0.756 e. The number of rotatable bonds is 42. The molecule has 11 heteroatoms. The van der Waals surface area contributed by atoms with Crippen molar-refractivity contribution in [2.24, 2.45) is 0 Å². The van der Waals surface area contributed by atoms with Crippen LogP contribution in [-0.4, -0.2) is 81.2 Å². The minimum absolute atomic E-state index is 0.0456. The third kappa shape index (κ3) is 43.8. The molecule has 0 amide bonds. The lowest BCUT2D eigenvalue weighted by atomic mass is 10.0. The lowest BCUT2D eigenvalue weighted by molar-refractivity contribution is -0.870. The first kappa shape index (κ1) is 56.9. The smallest absolute Gasteiger partial charge is 0.306 e. The van der Waals surface area contributed by atoms with Crippen molar-refractivity contribution < 1.29 is 47.2 Å². The third-order valence-electron chi connectivity index (χ3n) is 9.91. The van der Waals surface area contributed by atoms with Crippen LogP contribution in [0.3, 0.4) is 0 Å². The average molecular weight is 854 g/mol. The highest BCUT2D eigenvalue weighted by molar-refractivity contribution is 7.45. The van der Waals surface area contributed by atoms with Crippen molar-refractivity contribution in [2.45, 2.75) is 199 Å². The summed E-state index contributed by atoms with van der Waals surface area (Å²) in [4.78, 5) is 37.6. The van der Waals surface area contributed by atoms with Gasteiger partial charge in [-0.1, -0.05) is 172 Å². The summed E-state index contributed by atoms with van der Waals surface area (Å²) in [5, 5.41) is 9.74. The Labute approximate surface area is 361 Å². The van der Waals surface area contributed by atoms with Crippen LogP contribution in [0.25, 0.3) is 0 Å². The molecule has 0 bridgehead atoms. The number of allylic oxidation sites excluding steroid dienone is 7. The summed E-state index contributed by atoms with van der Waals surface area (Å²) in [7, 11) is 1.12. The van der Waals surface area contributed by atoms with Crippen molar-refractivity contribution in [3.8, 4) is 0 Å². The van der Waals surface area contributed by atoms with Gasteiger partial charge in [0.25, 0.3) is 7.82 Å². The van der Waals surface area contributed by atoms with E-state index in [4.69, 9.17) is 18.5 Å². The number of nitrogens with zero attached hydrogens (tertiary/aromatic N) is 1. The predicted octanol–water partition coefficient (Wildman–Crippen LogP) is 11.8. The predicted molar refractivity (Wildman–Crippen MR) is 242 cm³/mol. The van der Waals surface area contributed by atoms with Gasteiger partial charge in [0.05, 0.1) is 33.9 Å². The van der Waals surface area contributed by atoms with Gasteiger partial charge in [-0.3, -0.25) is 14.2 Å². The number of esters is 2. The van der Waals surface area contributed by atoms with Gasteiger partial charge in [-0.25, -0.2) is 0 Å². The molecule has 2 unspecified atom stereocenters. The highest BCUT2D eigenvalue weighted by Gasteiger charge is 2.21. The van der Waals surface area contributed by atoms with Gasteiger partial charge in [-0.2, -0.15) is 0 Å². The Hall–Kier alpha value is -2.07. The number of unbranched alkanes of at least 4 members (excludes halogenated alkanes) is 17. The zero-order valence-electron chi connectivity index (χ0n) is 38.3. The fourth-order valence-corrected chi connectivity index (χ4v) is 6.98. The van der Waals surface area contributed by atoms with Crippen molar-refractivity contribution in [1.29, 1.82) is 0 Å². The average Bonchev–Trinajstić information content (AvgIpc) is 3.18. The van der Waals surface area contributed by atoms with Crippen molar-refractivity contribution in [1.82, 2.24) is 0 Å². The summed E-state index contributed by atoms with van der Waals surface area (Å²) in [5.41, 5.74) is 0. The van der Waals surface area contributed by atoms with Crippen LogP contribution in [0.4, 0.5) is 0 Å². The fraction of sp³-hybridized carbons (Fsp3) is 0.792. The number of likely N-dealkylation sites (N-methyl/N-ethyl adjacent to an activating group) is 1. The first-order valence-corrected chi connectivity index (χ1v) is 24.9. The summed E-state index contributed by atoms with van der Waals surface area (Å²) >= 11 is 0. The van der Waals surface area contributed by atoms with Crippen molar-refractivity contribution >= 4 is 19.8 Å². The van der Waals surface area contributed by atoms with Crippen LogP contribution >= 0.6 is 7.82 Å². The molecule has 1 N–H and O–H groups in total. The number of carbonyl (C=O) groups is 2. The van der Waals surface area contributed by atoms with Crippen LogP contribution in [0.1, 0.15) is 187 Å². The van der Waals surface area contributed by atoms with Crippen LogP contribution in [0, 0.1) is 0 Å². The number of carbonyl (C=O) groups excluding carboxylic acids is 2. The van der Waals surface area contributed by atoms with Gasteiger partial charge in [-0.15, -0.1) is 0 Å². The first-order chi connectivity index (χ1) is 28.4. The van der Waals surface area contributed by atoms with E-state index in [1.807, 2.05) is 33.3 Å². The summed E-state index contributed by atoms with van der Waals surface area (Å²) < 4.78 is 33.9. The summed E-state index contributed by atoms with van der Waals surface area (Å²) in [6.45, 7) is 3.97. The van der Waals surface area contributed by atoms with E-state index in [1.54, 1.807) is 0 Å². The SMILES string of the molecule is CCCCCCCCCCCCCCCCCCCC(=O)O[C@H](COC(=O)CCC/C=C\C/C=C\C/C=C\C/C=C\CC(O)CCC)COP(=O)([O-])OCC[N+](C)(C)C. The highest BCUT2D eigenvalue weighted by atomic mass is 31.2. The van der Waals surface area contributed by atoms with Gasteiger partial charge in [0.1, 0.15) is 19.8 Å². The molecule has 0 radical (unpaired) electrons. The molecule has 0 aliphatic rings.